The lowest BCUT2D eigenvalue weighted by Gasteiger charge is -2.37. The number of carbonyl (C=O) groups is 1. The van der Waals surface area contributed by atoms with Crippen LogP contribution >= 0.6 is 12.2 Å². The van der Waals surface area contributed by atoms with Crippen molar-refractivity contribution in [3.8, 4) is 0 Å². The molecule has 0 radical (unpaired) electrons. The third kappa shape index (κ3) is 4.01. The second kappa shape index (κ2) is 7.71. The van der Waals surface area contributed by atoms with Gasteiger partial charge < -0.3 is 9.64 Å². The normalized spacial score (nSPS) is 21.4. The molecule has 0 unspecified atom stereocenters. The van der Waals surface area contributed by atoms with Crippen LogP contribution in [0.5, 0.6) is 0 Å². The highest BCUT2D eigenvalue weighted by Gasteiger charge is 2.27. The van der Waals surface area contributed by atoms with E-state index in [1.165, 1.54) is 0 Å². The zero-order valence-electron chi connectivity index (χ0n) is 11.9. The summed E-state index contributed by atoms with van der Waals surface area (Å²) in [6, 6.07) is 0. The Hall–Kier alpha value is -0.980. The van der Waals surface area contributed by atoms with E-state index in [0.717, 1.165) is 52.4 Å². The number of rotatable bonds is 6. The van der Waals surface area contributed by atoms with Crippen molar-refractivity contribution in [1.82, 2.24) is 14.7 Å². The second-order valence-corrected chi connectivity index (χ2v) is 5.49. The van der Waals surface area contributed by atoms with E-state index in [0.29, 0.717) is 18.1 Å². The maximum absolute atomic E-state index is 11.8. The van der Waals surface area contributed by atoms with Crippen molar-refractivity contribution in [3.05, 3.63) is 12.7 Å². The number of thiocarbonyl (C=S) groups is 1. The molecule has 0 N–H and O–H groups in total. The molecule has 2 saturated heterocycles. The van der Waals surface area contributed by atoms with Crippen molar-refractivity contribution in [1.29, 1.82) is 0 Å². The fraction of sp³-hybridized carbons (Fsp3) is 0.714. The van der Waals surface area contributed by atoms with Crippen molar-refractivity contribution >= 4 is 23.2 Å². The minimum absolute atomic E-state index is 0.110. The van der Waals surface area contributed by atoms with Crippen molar-refractivity contribution in [3.63, 3.8) is 0 Å². The highest BCUT2D eigenvalue weighted by atomic mass is 32.1. The molecule has 0 atom stereocenters. The van der Waals surface area contributed by atoms with Gasteiger partial charge in [0.2, 0.25) is 5.91 Å². The molecule has 0 aromatic carbocycles. The Labute approximate surface area is 126 Å². The molecule has 2 fully saturated rings. The fourth-order valence-corrected chi connectivity index (χ4v) is 2.92. The Bertz CT molecular complexity index is 369. The molecule has 2 heterocycles. The molecule has 0 aliphatic carbocycles. The molecular formula is C14H23N3O2S. The van der Waals surface area contributed by atoms with E-state index in [1.54, 1.807) is 11.0 Å². The smallest absolute Gasteiger partial charge is 0.230 e. The molecule has 0 saturated carbocycles. The zero-order valence-corrected chi connectivity index (χ0v) is 12.7. The topological polar surface area (TPSA) is 36.0 Å². The van der Waals surface area contributed by atoms with Gasteiger partial charge in [0.1, 0.15) is 0 Å². The summed E-state index contributed by atoms with van der Waals surface area (Å²) in [5.74, 6) is 0.110. The highest BCUT2D eigenvalue weighted by molar-refractivity contribution is 7.80. The van der Waals surface area contributed by atoms with Crippen molar-refractivity contribution in [2.45, 2.75) is 12.8 Å². The standard InChI is InChI=1S/C14H23N3O2S/c1-2-5-17-13(18)4-8-16(14(17)20)7-3-6-15-9-11-19-12-10-15/h2H,1,3-12H2. The van der Waals surface area contributed by atoms with Gasteiger partial charge in [-0.2, -0.15) is 0 Å². The Kier molecular flexibility index (Phi) is 5.94. The van der Waals surface area contributed by atoms with E-state index >= 15 is 0 Å². The molecule has 0 aromatic rings. The molecule has 6 heteroatoms. The first-order valence-electron chi connectivity index (χ1n) is 7.22. The van der Waals surface area contributed by atoms with Gasteiger partial charge in [0, 0.05) is 45.7 Å². The molecular weight excluding hydrogens is 274 g/mol. The van der Waals surface area contributed by atoms with E-state index in [1.807, 2.05) is 0 Å². The summed E-state index contributed by atoms with van der Waals surface area (Å²) in [6.07, 6.45) is 3.34. The van der Waals surface area contributed by atoms with Crippen LogP contribution in [-0.4, -0.2) is 78.2 Å². The van der Waals surface area contributed by atoms with Crippen LogP contribution in [0.1, 0.15) is 12.8 Å². The van der Waals surface area contributed by atoms with Crippen LogP contribution < -0.4 is 0 Å². The number of carbonyl (C=O) groups excluding carboxylic acids is 1. The van der Waals surface area contributed by atoms with Crippen LogP contribution in [0.3, 0.4) is 0 Å². The van der Waals surface area contributed by atoms with Crippen molar-refractivity contribution < 1.29 is 9.53 Å². The third-order valence-electron chi connectivity index (χ3n) is 3.72. The maximum Gasteiger partial charge on any atom is 0.230 e. The van der Waals surface area contributed by atoms with E-state index in [4.69, 9.17) is 17.0 Å². The molecule has 5 nitrogen and oxygen atoms in total. The maximum atomic E-state index is 11.8. The highest BCUT2D eigenvalue weighted by Crippen LogP contribution is 2.12. The summed E-state index contributed by atoms with van der Waals surface area (Å²) in [4.78, 5) is 18.0. The number of nitrogens with zero attached hydrogens (tertiary/aromatic N) is 3. The first-order valence-corrected chi connectivity index (χ1v) is 7.63. The Morgan fingerprint density at radius 1 is 1.25 bits per heavy atom. The van der Waals surface area contributed by atoms with Gasteiger partial charge in [-0.15, -0.1) is 6.58 Å². The summed E-state index contributed by atoms with van der Waals surface area (Å²) in [6.45, 7) is 10.6. The average Bonchev–Trinajstić information content (AvgIpc) is 2.47. The molecule has 20 heavy (non-hydrogen) atoms. The van der Waals surface area contributed by atoms with Crippen LogP contribution in [0, 0.1) is 0 Å². The van der Waals surface area contributed by atoms with Crippen LogP contribution in [0.4, 0.5) is 0 Å². The third-order valence-corrected chi connectivity index (χ3v) is 4.19. The summed E-state index contributed by atoms with van der Waals surface area (Å²) >= 11 is 5.41. The summed E-state index contributed by atoms with van der Waals surface area (Å²) < 4.78 is 5.34. The van der Waals surface area contributed by atoms with Gasteiger partial charge in [0.25, 0.3) is 0 Å². The van der Waals surface area contributed by atoms with Crippen LogP contribution in [0.15, 0.2) is 12.7 Å². The van der Waals surface area contributed by atoms with Gasteiger partial charge >= 0.3 is 0 Å². The monoisotopic (exact) mass is 297 g/mol. The molecule has 0 bridgehead atoms. The molecule has 0 spiro atoms. The minimum atomic E-state index is 0.110. The molecule has 0 aromatic heterocycles. The van der Waals surface area contributed by atoms with Crippen LogP contribution in [0.25, 0.3) is 0 Å². The van der Waals surface area contributed by atoms with E-state index < -0.39 is 0 Å². The Balaban J connectivity index is 1.75. The molecule has 1 amide bonds. The lowest BCUT2D eigenvalue weighted by atomic mass is 10.2. The fourth-order valence-electron chi connectivity index (χ4n) is 2.56. The zero-order chi connectivity index (χ0) is 14.4. The van der Waals surface area contributed by atoms with Crippen LogP contribution in [0.2, 0.25) is 0 Å². The summed E-state index contributed by atoms with van der Waals surface area (Å²) in [7, 11) is 0. The number of ether oxygens (including phenoxy) is 1. The largest absolute Gasteiger partial charge is 0.379 e. The predicted octanol–water partition coefficient (Wildman–Crippen LogP) is 0.714. The van der Waals surface area contributed by atoms with Gasteiger partial charge in [-0.3, -0.25) is 14.6 Å². The van der Waals surface area contributed by atoms with Gasteiger partial charge in [0.05, 0.1) is 13.2 Å². The van der Waals surface area contributed by atoms with Gasteiger partial charge in [0.15, 0.2) is 5.11 Å². The predicted molar refractivity (Wildman–Crippen MR) is 82.6 cm³/mol. The SMILES string of the molecule is C=CCN1C(=O)CCN(CCCN2CCOCC2)C1=S. The number of hydrogen-bond donors (Lipinski definition) is 0. The number of morpholine rings is 1. The summed E-state index contributed by atoms with van der Waals surface area (Å²) in [5.41, 5.74) is 0. The van der Waals surface area contributed by atoms with Crippen molar-refractivity contribution in [2.24, 2.45) is 0 Å². The molecule has 2 aliphatic rings. The molecule has 112 valence electrons. The van der Waals surface area contributed by atoms with Crippen LogP contribution in [-0.2, 0) is 9.53 Å². The first kappa shape index (κ1) is 15.4. The minimum Gasteiger partial charge on any atom is -0.379 e. The van der Waals surface area contributed by atoms with Gasteiger partial charge in [-0.25, -0.2) is 0 Å². The summed E-state index contributed by atoms with van der Waals surface area (Å²) in [5, 5.41) is 0.656. The van der Waals surface area contributed by atoms with Crippen molar-refractivity contribution in [2.75, 3.05) is 52.5 Å². The van der Waals surface area contributed by atoms with Gasteiger partial charge in [-0.05, 0) is 18.6 Å². The molecule has 2 rings (SSSR count). The lowest BCUT2D eigenvalue weighted by Crippen LogP contribution is -2.52. The molecule has 2 aliphatic heterocycles. The van der Waals surface area contributed by atoms with E-state index in [2.05, 4.69) is 16.4 Å². The average molecular weight is 297 g/mol. The quantitative estimate of drug-likeness (QED) is 0.533. The Morgan fingerprint density at radius 2 is 2.00 bits per heavy atom. The number of amides is 1. The second-order valence-electron chi connectivity index (χ2n) is 5.12. The lowest BCUT2D eigenvalue weighted by molar-refractivity contribution is -0.128. The van der Waals surface area contributed by atoms with E-state index in [-0.39, 0.29) is 5.91 Å². The van der Waals surface area contributed by atoms with Gasteiger partial charge in [-0.1, -0.05) is 6.08 Å². The Morgan fingerprint density at radius 3 is 2.70 bits per heavy atom. The number of hydrogen-bond acceptors (Lipinski definition) is 4. The van der Waals surface area contributed by atoms with E-state index in [9.17, 15) is 4.79 Å². The first-order chi connectivity index (χ1) is 9.72.